The number of rotatable bonds is 7. The number of Topliss-reactive ketones (excluding diaryl/α,β-unsaturated/α-hetero) is 1. The third kappa shape index (κ3) is 4.26. The van der Waals surface area contributed by atoms with Crippen LogP contribution >= 0.6 is 0 Å². The summed E-state index contributed by atoms with van der Waals surface area (Å²) in [7, 11) is 0. The second kappa shape index (κ2) is 8.64. The summed E-state index contributed by atoms with van der Waals surface area (Å²) in [5.41, 5.74) is 4.44. The number of piperidine rings is 1. The highest BCUT2D eigenvalue weighted by atomic mass is 16.1. The predicted octanol–water partition coefficient (Wildman–Crippen LogP) is 4.12. The second-order valence-electron chi connectivity index (χ2n) is 7.95. The minimum atomic E-state index is 0.275. The first kappa shape index (κ1) is 19.4. The van der Waals surface area contributed by atoms with E-state index in [1.165, 1.54) is 11.1 Å². The van der Waals surface area contributed by atoms with Gasteiger partial charge in [0, 0.05) is 31.4 Å². The van der Waals surface area contributed by atoms with Crippen molar-refractivity contribution in [3.63, 3.8) is 0 Å². The van der Waals surface area contributed by atoms with Gasteiger partial charge in [-0.15, -0.1) is 0 Å². The van der Waals surface area contributed by atoms with Crippen molar-refractivity contribution in [1.29, 1.82) is 0 Å². The maximum atomic E-state index is 12.7. The van der Waals surface area contributed by atoms with Crippen LogP contribution in [-0.2, 0) is 11.2 Å². The van der Waals surface area contributed by atoms with Gasteiger partial charge in [-0.1, -0.05) is 25.1 Å². The Morgan fingerprint density at radius 3 is 3.07 bits per heavy atom. The van der Waals surface area contributed by atoms with E-state index < -0.39 is 0 Å². The number of ketones is 1. The molecule has 1 aliphatic heterocycles. The number of benzene rings is 1. The number of H-pyrrole nitrogens is 1. The molecular weight excluding hydrogens is 362 g/mol. The standard InChI is InChI=1S/C23H29N5O/c1-3-18-8-4-6-16(2)21(18)25-13-19(29)12-17-7-5-11-28(14-17)23-20-9-10-24-22(20)26-15-27-23/h4,6,8-10,15,17,25H,3,5,7,11-14H2,1-2H3,(H,24,26,27)/t17-/m0/s1. The summed E-state index contributed by atoms with van der Waals surface area (Å²) in [6.45, 7) is 6.47. The minimum Gasteiger partial charge on any atom is -0.378 e. The number of aryl methyl sites for hydroxylation is 2. The topological polar surface area (TPSA) is 73.9 Å². The number of carbonyl (C=O) groups is 1. The first-order chi connectivity index (χ1) is 14.2. The van der Waals surface area contributed by atoms with E-state index in [4.69, 9.17) is 0 Å². The third-order valence-electron chi connectivity index (χ3n) is 5.87. The smallest absolute Gasteiger partial charge is 0.152 e. The molecule has 1 saturated heterocycles. The lowest BCUT2D eigenvalue weighted by Crippen LogP contribution is -2.37. The Bertz CT molecular complexity index is 996. The van der Waals surface area contributed by atoms with E-state index in [0.29, 0.717) is 18.9 Å². The number of hydrogen-bond acceptors (Lipinski definition) is 5. The van der Waals surface area contributed by atoms with Gasteiger partial charge >= 0.3 is 0 Å². The van der Waals surface area contributed by atoms with Crippen molar-refractivity contribution in [2.24, 2.45) is 5.92 Å². The van der Waals surface area contributed by atoms with Crippen molar-refractivity contribution >= 4 is 28.3 Å². The molecule has 6 nitrogen and oxygen atoms in total. The molecule has 1 aliphatic rings. The van der Waals surface area contributed by atoms with Crippen LogP contribution in [0.1, 0.15) is 37.3 Å². The molecule has 0 spiro atoms. The van der Waals surface area contributed by atoms with Gasteiger partial charge in [0.2, 0.25) is 0 Å². The fraction of sp³-hybridized carbons (Fsp3) is 0.435. The Kier molecular flexibility index (Phi) is 5.79. The molecule has 0 bridgehead atoms. The molecule has 6 heteroatoms. The second-order valence-corrected chi connectivity index (χ2v) is 7.95. The van der Waals surface area contributed by atoms with Crippen LogP contribution in [0.4, 0.5) is 11.5 Å². The van der Waals surface area contributed by atoms with Crippen molar-refractivity contribution < 1.29 is 4.79 Å². The fourth-order valence-corrected chi connectivity index (χ4v) is 4.39. The molecule has 1 atom stereocenters. The lowest BCUT2D eigenvalue weighted by molar-refractivity contribution is -0.118. The molecule has 4 rings (SSSR count). The summed E-state index contributed by atoms with van der Waals surface area (Å²) in [4.78, 5) is 27.0. The minimum absolute atomic E-state index is 0.275. The highest BCUT2D eigenvalue weighted by Crippen LogP contribution is 2.28. The van der Waals surface area contributed by atoms with Crippen LogP contribution in [0.25, 0.3) is 11.0 Å². The number of aromatic nitrogens is 3. The van der Waals surface area contributed by atoms with Crippen molar-refractivity contribution in [3.8, 4) is 0 Å². The van der Waals surface area contributed by atoms with Gasteiger partial charge in [-0.25, -0.2) is 9.97 Å². The molecule has 1 fully saturated rings. The molecule has 0 radical (unpaired) electrons. The highest BCUT2D eigenvalue weighted by molar-refractivity contribution is 5.87. The zero-order valence-corrected chi connectivity index (χ0v) is 17.2. The van der Waals surface area contributed by atoms with E-state index in [2.05, 4.69) is 57.2 Å². The van der Waals surface area contributed by atoms with E-state index in [0.717, 1.165) is 54.9 Å². The maximum Gasteiger partial charge on any atom is 0.152 e. The lowest BCUT2D eigenvalue weighted by Gasteiger charge is -2.33. The molecule has 152 valence electrons. The molecule has 0 saturated carbocycles. The molecule has 29 heavy (non-hydrogen) atoms. The highest BCUT2D eigenvalue weighted by Gasteiger charge is 2.24. The summed E-state index contributed by atoms with van der Waals surface area (Å²) in [5.74, 6) is 1.61. The molecular formula is C23H29N5O. The summed E-state index contributed by atoms with van der Waals surface area (Å²) in [5, 5.41) is 4.45. The van der Waals surface area contributed by atoms with Crippen molar-refractivity contribution in [1.82, 2.24) is 15.0 Å². The summed E-state index contributed by atoms with van der Waals surface area (Å²) in [6, 6.07) is 8.32. The SMILES string of the molecule is CCc1cccc(C)c1NCC(=O)C[C@@H]1CCCN(c2ncnc3[nH]ccc23)C1. The normalized spacial score (nSPS) is 16.9. The molecule has 1 aromatic carbocycles. The van der Waals surface area contributed by atoms with Gasteiger partial charge in [-0.2, -0.15) is 0 Å². The van der Waals surface area contributed by atoms with Crippen molar-refractivity contribution in [2.75, 3.05) is 29.9 Å². The first-order valence-corrected chi connectivity index (χ1v) is 10.5. The fourth-order valence-electron chi connectivity index (χ4n) is 4.39. The number of carbonyl (C=O) groups excluding carboxylic acids is 1. The third-order valence-corrected chi connectivity index (χ3v) is 5.87. The van der Waals surface area contributed by atoms with E-state index in [9.17, 15) is 4.79 Å². The van der Waals surface area contributed by atoms with Crippen LogP contribution in [0, 0.1) is 12.8 Å². The first-order valence-electron chi connectivity index (χ1n) is 10.5. The Hall–Kier alpha value is -2.89. The van der Waals surface area contributed by atoms with Gasteiger partial charge in [0.05, 0.1) is 11.9 Å². The van der Waals surface area contributed by atoms with Gasteiger partial charge in [-0.05, 0) is 49.3 Å². The van der Waals surface area contributed by atoms with Crippen LogP contribution in [0.2, 0.25) is 0 Å². The van der Waals surface area contributed by atoms with Gasteiger partial charge < -0.3 is 15.2 Å². The number of hydrogen-bond donors (Lipinski definition) is 2. The zero-order chi connectivity index (χ0) is 20.2. The summed E-state index contributed by atoms with van der Waals surface area (Å²) >= 11 is 0. The van der Waals surface area contributed by atoms with E-state index in [1.54, 1.807) is 6.33 Å². The summed E-state index contributed by atoms with van der Waals surface area (Å²) in [6.07, 6.45) is 7.25. The Morgan fingerprint density at radius 1 is 1.31 bits per heavy atom. The van der Waals surface area contributed by atoms with E-state index in [1.807, 2.05) is 12.3 Å². The van der Waals surface area contributed by atoms with Crippen molar-refractivity contribution in [2.45, 2.75) is 39.5 Å². The number of nitrogens with one attached hydrogen (secondary N) is 2. The monoisotopic (exact) mass is 391 g/mol. The van der Waals surface area contributed by atoms with Gasteiger partial charge in [-0.3, -0.25) is 4.79 Å². The molecule has 2 N–H and O–H groups in total. The number of anilines is 2. The molecule has 0 aliphatic carbocycles. The number of fused-ring (bicyclic) bond motifs is 1. The van der Waals surface area contributed by atoms with Gasteiger partial charge in [0.15, 0.2) is 5.78 Å². The average Bonchev–Trinajstić information content (AvgIpc) is 3.22. The largest absolute Gasteiger partial charge is 0.378 e. The Balaban J connectivity index is 1.37. The van der Waals surface area contributed by atoms with Gasteiger partial charge in [0.1, 0.15) is 17.8 Å². The zero-order valence-electron chi connectivity index (χ0n) is 17.2. The van der Waals surface area contributed by atoms with E-state index in [-0.39, 0.29) is 5.78 Å². The van der Waals surface area contributed by atoms with Crippen molar-refractivity contribution in [3.05, 3.63) is 47.9 Å². The molecule has 0 unspecified atom stereocenters. The number of para-hydroxylation sites is 1. The predicted molar refractivity (Wildman–Crippen MR) is 117 cm³/mol. The average molecular weight is 392 g/mol. The van der Waals surface area contributed by atoms with Crippen LogP contribution < -0.4 is 10.2 Å². The lowest BCUT2D eigenvalue weighted by atomic mass is 9.92. The Labute approximate surface area is 171 Å². The molecule has 3 heterocycles. The van der Waals surface area contributed by atoms with E-state index >= 15 is 0 Å². The molecule has 2 aromatic heterocycles. The summed E-state index contributed by atoms with van der Waals surface area (Å²) < 4.78 is 0. The van der Waals surface area contributed by atoms with Gasteiger partial charge in [0.25, 0.3) is 0 Å². The van der Waals surface area contributed by atoms with Crippen LogP contribution in [0.3, 0.4) is 0 Å². The van der Waals surface area contributed by atoms with Crippen LogP contribution in [0.15, 0.2) is 36.8 Å². The molecule has 0 amide bonds. The molecule has 3 aromatic rings. The Morgan fingerprint density at radius 2 is 2.21 bits per heavy atom. The maximum absolute atomic E-state index is 12.7. The number of aromatic amines is 1. The van der Waals surface area contributed by atoms with Crippen LogP contribution in [0.5, 0.6) is 0 Å². The number of nitrogens with zero attached hydrogens (tertiary/aromatic N) is 3. The quantitative estimate of drug-likeness (QED) is 0.634. The van der Waals surface area contributed by atoms with Crippen LogP contribution in [-0.4, -0.2) is 40.4 Å².